The van der Waals surface area contributed by atoms with Gasteiger partial charge in [-0.1, -0.05) is 0 Å². The smallest absolute Gasteiger partial charge is 0.102 e. The molecule has 0 aromatic heterocycles. The first kappa shape index (κ1) is 4.97. The zero-order valence-electron chi connectivity index (χ0n) is 4.58. The average molecular weight is 136 g/mol. The largest absolute Gasteiger partial charge is 0.248 e. The van der Waals surface area contributed by atoms with Crippen molar-refractivity contribution in [3.63, 3.8) is 0 Å². The van der Waals surface area contributed by atoms with Crippen LogP contribution in [0.25, 0.3) is 0 Å². The molecule has 0 fully saturated rings. The second kappa shape index (κ2) is 1.83. The standard InChI is InChI=1S/C2N8/c3-1(4-8-7-3)2-5-9-10-6-2. The fourth-order valence-electron chi connectivity index (χ4n) is 0.468. The molecule has 0 aliphatic carbocycles. The van der Waals surface area contributed by atoms with E-state index in [0.717, 1.165) is 0 Å². The van der Waals surface area contributed by atoms with Gasteiger partial charge in [0.05, 0.1) is 0 Å². The van der Waals surface area contributed by atoms with Crippen LogP contribution in [0.1, 0.15) is 0 Å². The minimum absolute atomic E-state index is 0.241. The molecule has 0 spiro atoms. The van der Waals surface area contributed by atoms with Crippen molar-refractivity contribution in [2.75, 3.05) is 0 Å². The zero-order chi connectivity index (χ0) is 6.81. The Hall–Kier alpha value is -1.86. The van der Waals surface area contributed by atoms with Crippen LogP contribution < -0.4 is 0 Å². The lowest BCUT2D eigenvalue weighted by molar-refractivity contribution is 1.06. The Kier molecular flexibility index (Phi) is 0.907. The van der Waals surface area contributed by atoms with E-state index in [1.54, 1.807) is 0 Å². The van der Waals surface area contributed by atoms with Gasteiger partial charge in [0.15, 0.2) is 0 Å². The zero-order valence-corrected chi connectivity index (χ0v) is 4.58. The monoisotopic (exact) mass is 136 g/mol. The predicted octanol–water partition coefficient (Wildman–Crippen LogP) is 1.78. The summed E-state index contributed by atoms with van der Waals surface area (Å²) >= 11 is 0. The third-order valence-corrected chi connectivity index (χ3v) is 0.838. The molecule has 48 valence electrons. The third-order valence-electron chi connectivity index (χ3n) is 0.838. The number of hydrogen-bond donors (Lipinski definition) is 0. The van der Waals surface area contributed by atoms with E-state index in [4.69, 9.17) is 0 Å². The second-order valence-corrected chi connectivity index (χ2v) is 1.40. The Morgan fingerprint density at radius 1 is 0.500 bits per heavy atom. The van der Waals surface area contributed by atoms with Gasteiger partial charge in [0.2, 0.25) is 11.6 Å². The molecule has 0 aromatic rings. The molecule has 2 aliphatic rings. The SMILES string of the molecule is N1=NC(=C2N=NN=N2)N=N1. The predicted molar refractivity (Wildman–Crippen MR) is 26.5 cm³/mol. The highest BCUT2D eigenvalue weighted by atomic mass is 15.6. The molecule has 8 nitrogen and oxygen atoms in total. The minimum Gasteiger partial charge on any atom is -0.102 e. The van der Waals surface area contributed by atoms with Crippen LogP contribution in [0.3, 0.4) is 0 Å². The molecule has 10 heavy (non-hydrogen) atoms. The maximum atomic E-state index is 3.48. The van der Waals surface area contributed by atoms with Gasteiger partial charge in [-0.25, -0.2) is 0 Å². The highest BCUT2D eigenvalue weighted by molar-refractivity contribution is 5.08. The molecule has 0 bridgehead atoms. The van der Waals surface area contributed by atoms with Gasteiger partial charge in [-0.15, -0.1) is 20.5 Å². The quantitative estimate of drug-likeness (QED) is 0.484. The second-order valence-electron chi connectivity index (χ2n) is 1.40. The summed E-state index contributed by atoms with van der Waals surface area (Å²) in [6, 6.07) is 0. The summed E-state index contributed by atoms with van der Waals surface area (Å²) in [6.07, 6.45) is 0. The Morgan fingerprint density at radius 2 is 0.800 bits per heavy atom. The first-order chi connectivity index (χ1) is 4.97. The van der Waals surface area contributed by atoms with E-state index in [2.05, 4.69) is 41.4 Å². The lowest BCUT2D eigenvalue weighted by Gasteiger charge is -1.79. The fourth-order valence-corrected chi connectivity index (χ4v) is 0.468. The molecule has 0 unspecified atom stereocenters. The number of rotatable bonds is 0. The topological polar surface area (TPSA) is 98.9 Å². The Labute approximate surface area is 54.1 Å². The van der Waals surface area contributed by atoms with Crippen molar-refractivity contribution in [1.82, 2.24) is 0 Å². The molecule has 8 heteroatoms. The van der Waals surface area contributed by atoms with Crippen molar-refractivity contribution in [3.8, 4) is 0 Å². The molecule has 0 amide bonds. The van der Waals surface area contributed by atoms with Crippen LogP contribution in [0, 0.1) is 0 Å². The Balaban J connectivity index is 2.46. The summed E-state index contributed by atoms with van der Waals surface area (Å²) in [5.74, 6) is 0.481. The summed E-state index contributed by atoms with van der Waals surface area (Å²) in [4.78, 5) is 0. The molecule has 0 saturated carbocycles. The van der Waals surface area contributed by atoms with Crippen molar-refractivity contribution in [2.24, 2.45) is 41.4 Å². The van der Waals surface area contributed by atoms with E-state index in [1.165, 1.54) is 0 Å². The normalized spacial score (nSPS) is 20.0. The van der Waals surface area contributed by atoms with Crippen LogP contribution in [-0.4, -0.2) is 0 Å². The van der Waals surface area contributed by atoms with Crippen molar-refractivity contribution in [2.45, 2.75) is 0 Å². The van der Waals surface area contributed by atoms with Crippen LogP contribution in [0.4, 0.5) is 0 Å². The number of hydrogen-bond acceptors (Lipinski definition) is 8. The van der Waals surface area contributed by atoms with Gasteiger partial charge in [0.1, 0.15) is 0 Å². The lowest BCUT2D eigenvalue weighted by Crippen LogP contribution is -1.71. The molecule has 2 rings (SSSR count). The van der Waals surface area contributed by atoms with Crippen molar-refractivity contribution >= 4 is 0 Å². The summed E-state index contributed by atoms with van der Waals surface area (Å²) in [5.41, 5.74) is 0. The molecule has 0 aromatic carbocycles. The van der Waals surface area contributed by atoms with Gasteiger partial charge < -0.3 is 0 Å². The van der Waals surface area contributed by atoms with Crippen LogP contribution in [0.2, 0.25) is 0 Å². The Morgan fingerprint density at radius 3 is 1.10 bits per heavy atom. The van der Waals surface area contributed by atoms with E-state index in [-0.39, 0.29) is 11.6 Å². The Bertz CT molecular complexity index is 232. The van der Waals surface area contributed by atoms with Crippen molar-refractivity contribution in [1.29, 1.82) is 0 Å². The first-order valence-electron chi connectivity index (χ1n) is 2.34. The summed E-state index contributed by atoms with van der Waals surface area (Å²) in [5, 5.41) is 26.9. The van der Waals surface area contributed by atoms with Crippen LogP contribution in [0.5, 0.6) is 0 Å². The van der Waals surface area contributed by atoms with Crippen LogP contribution in [0.15, 0.2) is 53.0 Å². The van der Waals surface area contributed by atoms with Gasteiger partial charge in [0, 0.05) is 0 Å². The average Bonchev–Trinajstić information content (AvgIpc) is 2.59. The third kappa shape index (κ3) is 0.623. The maximum absolute atomic E-state index is 3.48. The maximum Gasteiger partial charge on any atom is 0.248 e. The van der Waals surface area contributed by atoms with Gasteiger partial charge in [0.25, 0.3) is 0 Å². The molecule has 0 saturated heterocycles. The van der Waals surface area contributed by atoms with E-state index >= 15 is 0 Å². The lowest BCUT2D eigenvalue weighted by atomic mass is 10.7. The fraction of sp³-hybridized carbons (Fsp3) is 0. The highest BCUT2D eigenvalue weighted by Gasteiger charge is 2.10. The minimum atomic E-state index is 0.241. The van der Waals surface area contributed by atoms with E-state index in [0.29, 0.717) is 0 Å². The van der Waals surface area contributed by atoms with Gasteiger partial charge in [-0.3, -0.25) is 0 Å². The highest BCUT2D eigenvalue weighted by Crippen LogP contribution is 2.19. The van der Waals surface area contributed by atoms with Gasteiger partial charge in [-0.2, -0.15) is 0 Å². The van der Waals surface area contributed by atoms with E-state index < -0.39 is 0 Å². The van der Waals surface area contributed by atoms with E-state index in [1.807, 2.05) is 0 Å². The molecule has 0 radical (unpaired) electrons. The van der Waals surface area contributed by atoms with Gasteiger partial charge in [-0.05, 0) is 20.9 Å². The molecular formula is C2N8. The molecule has 0 N–H and O–H groups in total. The first-order valence-corrected chi connectivity index (χ1v) is 2.34. The van der Waals surface area contributed by atoms with Crippen molar-refractivity contribution < 1.29 is 0 Å². The molecule has 2 heterocycles. The summed E-state index contributed by atoms with van der Waals surface area (Å²) in [6.45, 7) is 0. The van der Waals surface area contributed by atoms with Crippen LogP contribution >= 0.6 is 0 Å². The molecule has 0 atom stereocenters. The summed E-state index contributed by atoms with van der Waals surface area (Å²) in [7, 11) is 0. The number of nitrogens with zero attached hydrogens (tertiary/aromatic N) is 8. The van der Waals surface area contributed by atoms with Crippen molar-refractivity contribution in [3.05, 3.63) is 11.6 Å². The van der Waals surface area contributed by atoms with E-state index in [9.17, 15) is 0 Å². The molecular weight excluding hydrogens is 136 g/mol. The molecule has 2 aliphatic heterocycles. The van der Waals surface area contributed by atoms with Crippen LogP contribution in [-0.2, 0) is 0 Å². The van der Waals surface area contributed by atoms with Gasteiger partial charge >= 0.3 is 0 Å². The summed E-state index contributed by atoms with van der Waals surface area (Å²) < 4.78 is 0.